The SMILES string of the molecule is CCOc1cc([C@@H]2C(C(=O)OC(C)C)=C(C)NC3=C2C(=O)C[C@H](c2ccc(OC)c(OC)c2)C3)ccc1O. The minimum Gasteiger partial charge on any atom is -0.504 e. The molecule has 0 saturated carbocycles. The summed E-state index contributed by atoms with van der Waals surface area (Å²) < 4.78 is 22.0. The molecule has 0 fully saturated rings. The topological polar surface area (TPSA) is 103 Å². The van der Waals surface area contributed by atoms with Gasteiger partial charge in [-0.25, -0.2) is 4.79 Å². The Morgan fingerprint density at radius 1 is 1.03 bits per heavy atom. The number of hydrogen-bond acceptors (Lipinski definition) is 8. The van der Waals surface area contributed by atoms with Crippen LogP contribution in [-0.4, -0.2) is 43.8 Å². The van der Waals surface area contributed by atoms with Crippen LogP contribution in [0.2, 0.25) is 0 Å². The van der Waals surface area contributed by atoms with Crippen LogP contribution in [0.5, 0.6) is 23.0 Å². The van der Waals surface area contributed by atoms with E-state index in [0.717, 1.165) is 11.3 Å². The Morgan fingerprint density at radius 3 is 2.37 bits per heavy atom. The number of ether oxygens (including phenoxy) is 4. The van der Waals surface area contributed by atoms with Gasteiger partial charge in [0.15, 0.2) is 28.8 Å². The number of carbonyl (C=O) groups is 2. The number of rotatable bonds is 8. The molecule has 8 nitrogen and oxygen atoms in total. The van der Waals surface area contributed by atoms with Crippen LogP contribution in [0.3, 0.4) is 0 Å². The second-order valence-corrected chi connectivity index (χ2v) is 9.75. The van der Waals surface area contributed by atoms with Crippen molar-refractivity contribution in [3.8, 4) is 23.0 Å². The maximum atomic E-state index is 13.8. The molecular formula is C30H35NO7. The van der Waals surface area contributed by atoms with E-state index in [9.17, 15) is 14.7 Å². The van der Waals surface area contributed by atoms with Gasteiger partial charge in [-0.05, 0) is 75.4 Å². The van der Waals surface area contributed by atoms with Gasteiger partial charge in [-0.2, -0.15) is 0 Å². The lowest BCUT2D eigenvalue weighted by Gasteiger charge is -2.37. The quantitative estimate of drug-likeness (QED) is 0.462. The molecule has 1 heterocycles. The van der Waals surface area contributed by atoms with Crippen molar-refractivity contribution in [3.05, 3.63) is 70.1 Å². The number of hydrogen-bond donors (Lipinski definition) is 2. The molecule has 1 aliphatic carbocycles. The van der Waals surface area contributed by atoms with E-state index < -0.39 is 11.9 Å². The lowest BCUT2D eigenvalue weighted by Crippen LogP contribution is -2.36. The Labute approximate surface area is 223 Å². The molecule has 4 rings (SSSR count). The third kappa shape index (κ3) is 5.21. The zero-order chi connectivity index (χ0) is 27.6. The fourth-order valence-corrected chi connectivity index (χ4v) is 5.24. The third-order valence-electron chi connectivity index (χ3n) is 6.89. The van der Waals surface area contributed by atoms with Gasteiger partial charge < -0.3 is 29.4 Å². The molecule has 0 amide bonds. The molecule has 0 radical (unpaired) electrons. The van der Waals surface area contributed by atoms with Crippen LogP contribution in [0, 0.1) is 0 Å². The number of phenolic OH excluding ortho intramolecular Hbond substituents is 1. The van der Waals surface area contributed by atoms with Crippen molar-refractivity contribution in [1.29, 1.82) is 0 Å². The first-order valence-electron chi connectivity index (χ1n) is 12.8. The van der Waals surface area contributed by atoms with Crippen molar-refractivity contribution >= 4 is 11.8 Å². The van der Waals surface area contributed by atoms with Crippen LogP contribution in [-0.2, 0) is 14.3 Å². The van der Waals surface area contributed by atoms with Crippen LogP contribution >= 0.6 is 0 Å². The van der Waals surface area contributed by atoms with Gasteiger partial charge in [0.05, 0.1) is 32.5 Å². The van der Waals surface area contributed by atoms with E-state index >= 15 is 0 Å². The van der Waals surface area contributed by atoms with Crippen molar-refractivity contribution < 1.29 is 33.6 Å². The smallest absolute Gasteiger partial charge is 0.337 e. The molecule has 0 spiro atoms. The summed E-state index contributed by atoms with van der Waals surface area (Å²) in [6.07, 6.45) is 0.524. The van der Waals surface area contributed by atoms with Gasteiger partial charge in [-0.3, -0.25) is 4.79 Å². The van der Waals surface area contributed by atoms with Crippen LogP contribution in [0.1, 0.15) is 63.5 Å². The predicted octanol–water partition coefficient (Wildman–Crippen LogP) is 5.12. The molecule has 38 heavy (non-hydrogen) atoms. The third-order valence-corrected chi connectivity index (χ3v) is 6.89. The molecule has 2 atom stereocenters. The van der Waals surface area contributed by atoms with E-state index in [2.05, 4.69) is 5.32 Å². The summed E-state index contributed by atoms with van der Waals surface area (Å²) in [5.74, 6) is 0.244. The number of benzene rings is 2. The second-order valence-electron chi connectivity index (χ2n) is 9.75. The largest absolute Gasteiger partial charge is 0.504 e. The minimum absolute atomic E-state index is 0.00534. The Morgan fingerprint density at radius 2 is 1.71 bits per heavy atom. The number of phenols is 1. The number of dihydropyridines is 1. The summed E-state index contributed by atoms with van der Waals surface area (Å²) >= 11 is 0. The molecular weight excluding hydrogens is 486 g/mol. The average molecular weight is 522 g/mol. The van der Waals surface area contributed by atoms with Gasteiger partial charge in [0.2, 0.25) is 0 Å². The molecule has 0 saturated heterocycles. The molecule has 8 heteroatoms. The van der Waals surface area contributed by atoms with Crippen molar-refractivity contribution in [3.63, 3.8) is 0 Å². The van der Waals surface area contributed by atoms with Crippen molar-refractivity contribution in [2.75, 3.05) is 20.8 Å². The standard InChI is InChI=1S/C30H35NO7/c1-7-37-25-15-19(8-10-22(25)32)28-27(30(34)38-16(2)3)17(4)31-21-12-20(13-23(33)29(21)28)18-9-11-24(35-5)26(14-18)36-6/h8-11,14-16,20,28,31-32H,7,12-13H2,1-6H3/t20-,28-/m1/s1. The molecule has 202 valence electrons. The normalized spacial score (nSPS) is 19.2. The predicted molar refractivity (Wildman–Crippen MR) is 143 cm³/mol. The Balaban J connectivity index is 1.80. The van der Waals surface area contributed by atoms with E-state index in [4.69, 9.17) is 18.9 Å². The number of esters is 1. The summed E-state index contributed by atoms with van der Waals surface area (Å²) in [5, 5.41) is 13.7. The Hall–Kier alpha value is -3.94. The Kier molecular flexibility index (Phi) is 7.99. The Bertz CT molecular complexity index is 1310. The second kappa shape index (κ2) is 11.2. The van der Waals surface area contributed by atoms with Crippen LogP contribution in [0.15, 0.2) is 58.9 Å². The van der Waals surface area contributed by atoms with Crippen molar-refractivity contribution in [1.82, 2.24) is 5.32 Å². The fraction of sp³-hybridized carbons (Fsp3) is 0.400. The van der Waals surface area contributed by atoms with E-state index in [1.54, 1.807) is 40.2 Å². The maximum Gasteiger partial charge on any atom is 0.337 e. The monoisotopic (exact) mass is 521 g/mol. The van der Waals surface area contributed by atoms with Gasteiger partial charge >= 0.3 is 5.97 Å². The van der Waals surface area contributed by atoms with Gasteiger partial charge in [0.1, 0.15) is 0 Å². The van der Waals surface area contributed by atoms with E-state index in [0.29, 0.717) is 52.7 Å². The van der Waals surface area contributed by atoms with Crippen molar-refractivity contribution in [2.24, 2.45) is 0 Å². The van der Waals surface area contributed by atoms with E-state index in [1.807, 2.05) is 32.0 Å². The number of aromatic hydroxyl groups is 1. The lowest BCUT2D eigenvalue weighted by atomic mass is 9.71. The number of allylic oxidation sites excluding steroid dienone is 3. The molecule has 0 aromatic heterocycles. The molecule has 1 aliphatic heterocycles. The lowest BCUT2D eigenvalue weighted by molar-refractivity contribution is -0.143. The molecule has 2 aromatic carbocycles. The first kappa shape index (κ1) is 27.1. The fourth-order valence-electron chi connectivity index (χ4n) is 5.24. The molecule has 0 bridgehead atoms. The minimum atomic E-state index is -0.656. The number of nitrogens with one attached hydrogen (secondary N) is 1. The molecule has 0 unspecified atom stereocenters. The van der Waals surface area contributed by atoms with Gasteiger partial charge in [0, 0.05) is 29.3 Å². The summed E-state index contributed by atoms with van der Waals surface area (Å²) in [6.45, 7) is 7.59. The highest BCUT2D eigenvalue weighted by Gasteiger charge is 2.42. The number of ketones is 1. The average Bonchev–Trinajstić information content (AvgIpc) is 2.88. The first-order valence-corrected chi connectivity index (χ1v) is 12.8. The molecule has 2 aliphatic rings. The highest BCUT2D eigenvalue weighted by molar-refractivity contribution is 6.04. The highest BCUT2D eigenvalue weighted by atomic mass is 16.5. The van der Waals surface area contributed by atoms with Gasteiger partial charge in [-0.1, -0.05) is 12.1 Å². The van der Waals surface area contributed by atoms with Crippen molar-refractivity contribution in [2.45, 2.75) is 58.5 Å². The first-order chi connectivity index (χ1) is 18.2. The number of carbonyl (C=O) groups excluding carboxylic acids is 2. The number of Topliss-reactive ketones (excluding diaryl/α,β-unsaturated/α-hetero) is 1. The zero-order valence-electron chi connectivity index (χ0n) is 22.7. The molecule has 2 N–H and O–H groups in total. The van der Waals surface area contributed by atoms with E-state index in [1.165, 1.54) is 6.07 Å². The van der Waals surface area contributed by atoms with Crippen LogP contribution in [0.25, 0.3) is 0 Å². The van der Waals surface area contributed by atoms with Crippen LogP contribution < -0.4 is 19.5 Å². The van der Waals surface area contributed by atoms with Gasteiger partial charge in [-0.15, -0.1) is 0 Å². The summed E-state index contributed by atoms with van der Waals surface area (Å²) in [5.41, 5.74) is 3.96. The summed E-state index contributed by atoms with van der Waals surface area (Å²) in [7, 11) is 3.17. The van der Waals surface area contributed by atoms with Crippen LogP contribution in [0.4, 0.5) is 0 Å². The summed E-state index contributed by atoms with van der Waals surface area (Å²) in [4.78, 5) is 27.2. The zero-order valence-corrected chi connectivity index (χ0v) is 22.7. The summed E-state index contributed by atoms with van der Waals surface area (Å²) in [6, 6.07) is 10.7. The molecule has 2 aromatic rings. The number of methoxy groups -OCH3 is 2. The van der Waals surface area contributed by atoms with Gasteiger partial charge in [0.25, 0.3) is 0 Å². The highest BCUT2D eigenvalue weighted by Crippen LogP contribution is 2.47. The van der Waals surface area contributed by atoms with E-state index in [-0.39, 0.29) is 30.0 Å². The maximum absolute atomic E-state index is 13.8.